The maximum atomic E-state index is 6.18. The van der Waals surface area contributed by atoms with Gasteiger partial charge in [-0.3, -0.25) is 0 Å². The van der Waals surface area contributed by atoms with E-state index in [4.69, 9.17) is 11.5 Å². The molecule has 1 aromatic heterocycles. The van der Waals surface area contributed by atoms with E-state index in [1.807, 2.05) is 42.8 Å². The number of hydrogen-bond donors (Lipinski definition) is 2. The molecule has 0 spiro atoms. The first-order valence-electron chi connectivity index (χ1n) is 7.56. The van der Waals surface area contributed by atoms with Gasteiger partial charge in [0.25, 0.3) is 0 Å². The fourth-order valence-electron chi connectivity index (χ4n) is 2.69. The molecule has 6 nitrogen and oxygen atoms in total. The minimum Gasteiger partial charge on any atom is -0.398 e. The molecule has 23 heavy (non-hydrogen) atoms. The highest BCUT2D eigenvalue weighted by Crippen LogP contribution is 2.33. The van der Waals surface area contributed by atoms with Crippen molar-refractivity contribution in [3.63, 3.8) is 0 Å². The van der Waals surface area contributed by atoms with Gasteiger partial charge in [0.2, 0.25) is 5.95 Å². The van der Waals surface area contributed by atoms with E-state index in [1.54, 1.807) is 0 Å². The Balaban J connectivity index is 2.10. The Hall–Kier alpha value is -2.76. The molecule has 2 heterocycles. The summed E-state index contributed by atoms with van der Waals surface area (Å²) < 4.78 is 1.82. The Morgan fingerprint density at radius 3 is 2.61 bits per heavy atom. The monoisotopic (exact) mass is 310 g/mol. The van der Waals surface area contributed by atoms with Gasteiger partial charge in [0.15, 0.2) is 5.49 Å². The molecule has 0 bridgehead atoms. The molecule has 120 valence electrons. The molecular formula is C17H22N6. The van der Waals surface area contributed by atoms with Gasteiger partial charge in [0, 0.05) is 48.8 Å². The summed E-state index contributed by atoms with van der Waals surface area (Å²) in [5.41, 5.74) is 17.4. The molecule has 1 aliphatic heterocycles. The maximum absolute atomic E-state index is 6.18. The molecule has 0 fully saturated rings. The Kier molecular flexibility index (Phi) is 3.60. The average Bonchev–Trinajstić information content (AvgIpc) is 2.50. The van der Waals surface area contributed by atoms with Gasteiger partial charge in [-0.05, 0) is 38.1 Å². The van der Waals surface area contributed by atoms with E-state index in [0.29, 0.717) is 11.4 Å². The van der Waals surface area contributed by atoms with E-state index < -0.39 is 0 Å². The summed E-state index contributed by atoms with van der Waals surface area (Å²) in [6, 6.07) is 8.20. The van der Waals surface area contributed by atoms with Crippen LogP contribution < -0.4 is 21.9 Å². The number of nitrogens with zero attached hydrogens (tertiary/aromatic N) is 4. The van der Waals surface area contributed by atoms with Crippen LogP contribution in [0.25, 0.3) is 5.70 Å². The molecule has 1 aromatic carbocycles. The third kappa shape index (κ3) is 2.67. The SMILES string of the molecule is Cc1cc(=Nc2ccc3c(c2)C(N)=CC(C)N3C)nc(N)n1C. The van der Waals surface area contributed by atoms with Crippen LogP contribution in [0.2, 0.25) is 0 Å². The number of nitrogens with two attached hydrogens (primary N) is 2. The normalized spacial score (nSPS) is 17.9. The van der Waals surface area contributed by atoms with Crippen molar-refractivity contribution >= 4 is 23.0 Å². The van der Waals surface area contributed by atoms with Crippen LogP contribution in [0.1, 0.15) is 18.2 Å². The number of nitrogen functional groups attached to an aromatic ring is 1. The van der Waals surface area contributed by atoms with Crippen molar-refractivity contribution in [2.24, 2.45) is 17.8 Å². The van der Waals surface area contributed by atoms with Gasteiger partial charge in [-0.1, -0.05) is 0 Å². The summed E-state index contributed by atoms with van der Waals surface area (Å²) in [6.07, 6.45) is 2.05. The van der Waals surface area contributed by atoms with Gasteiger partial charge in [0.1, 0.15) is 0 Å². The summed E-state index contributed by atoms with van der Waals surface area (Å²) >= 11 is 0. The van der Waals surface area contributed by atoms with Gasteiger partial charge >= 0.3 is 0 Å². The molecule has 6 heteroatoms. The second kappa shape index (κ2) is 5.46. The van der Waals surface area contributed by atoms with Gasteiger partial charge < -0.3 is 20.9 Å². The van der Waals surface area contributed by atoms with Gasteiger partial charge in [-0.2, -0.15) is 4.98 Å². The van der Waals surface area contributed by atoms with Gasteiger partial charge in [0.05, 0.1) is 5.69 Å². The smallest absolute Gasteiger partial charge is 0.202 e. The fourth-order valence-corrected chi connectivity index (χ4v) is 2.69. The molecule has 0 amide bonds. The first-order chi connectivity index (χ1) is 10.9. The van der Waals surface area contributed by atoms with Crippen molar-refractivity contribution in [1.29, 1.82) is 0 Å². The second-order valence-corrected chi connectivity index (χ2v) is 5.96. The highest BCUT2D eigenvalue weighted by atomic mass is 15.1. The molecular weight excluding hydrogens is 288 g/mol. The van der Waals surface area contributed by atoms with Crippen molar-refractivity contribution in [2.75, 3.05) is 17.7 Å². The summed E-state index contributed by atoms with van der Waals surface area (Å²) in [7, 11) is 3.94. The van der Waals surface area contributed by atoms with Crippen LogP contribution in [-0.4, -0.2) is 22.6 Å². The van der Waals surface area contributed by atoms with Crippen molar-refractivity contribution in [3.8, 4) is 0 Å². The van der Waals surface area contributed by atoms with Crippen LogP contribution >= 0.6 is 0 Å². The zero-order valence-corrected chi connectivity index (χ0v) is 13.9. The zero-order valence-electron chi connectivity index (χ0n) is 13.9. The van der Waals surface area contributed by atoms with Crippen LogP contribution in [0.15, 0.2) is 35.3 Å². The van der Waals surface area contributed by atoms with Crippen molar-refractivity contribution < 1.29 is 0 Å². The van der Waals surface area contributed by atoms with Crippen LogP contribution in [-0.2, 0) is 7.05 Å². The molecule has 1 unspecified atom stereocenters. The molecule has 0 saturated heterocycles. The largest absolute Gasteiger partial charge is 0.398 e. The molecule has 0 saturated carbocycles. The van der Waals surface area contributed by atoms with Gasteiger partial charge in [-0.15, -0.1) is 0 Å². The first-order valence-corrected chi connectivity index (χ1v) is 7.56. The van der Waals surface area contributed by atoms with Gasteiger partial charge in [-0.25, -0.2) is 4.99 Å². The zero-order chi connectivity index (χ0) is 16.7. The van der Waals surface area contributed by atoms with Crippen LogP contribution in [0.3, 0.4) is 0 Å². The van der Waals surface area contributed by atoms with E-state index in [1.165, 1.54) is 0 Å². The van der Waals surface area contributed by atoms with Crippen molar-refractivity contribution in [3.05, 3.63) is 47.1 Å². The molecule has 1 atom stereocenters. The summed E-state index contributed by atoms with van der Waals surface area (Å²) in [6.45, 7) is 4.09. The highest BCUT2D eigenvalue weighted by molar-refractivity contribution is 5.81. The topological polar surface area (TPSA) is 85.5 Å². The average molecular weight is 310 g/mol. The standard InChI is InChI=1S/C17H22N6/c1-10-7-14(18)13-9-12(5-6-15(13)22(10)3)20-16-8-11(2)23(4)17(19)21-16/h5-10H,18H2,1-4H3,(H2,19,20,21). The fraction of sp³-hybridized carbons (Fsp3) is 0.294. The molecule has 4 N–H and O–H groups in total. The lowest BCUT2D eigenvalue weighted by Crippen LogP contribution is -2.31. The number of anilines is 2. The predicted molar refractivity (Wildman–Crippen MR) is 94.1 cm³/mol. The lowest BCUT2D eigenvalue weighted by Gasteiger charge is -2.31. The lowest BCUT2D eigenvalue weighted by molar-refractivity contribution is 0.811. The van der Waals surface area contributed by atoms with E-state index >= 15 is 0 Å². The van der Waals surface area contributed by atoms with E-state index in [-0.39, 0.29) is 6.04 Å². The predicted octanol–water partition coefficient (Wildman–Crippen LogP) is 1.68. The summed E-state index contributed by atoms with van der Waals surface area (Å²) in [5, 5.41) is 0. The molecule has 2 aromatic rings. The number of benzene rings is 1. The third-order valence-corrected chi connectivity index (χ3v) is 4.39. The number of hydrogen-bond acceptors (Lipinski definition) is 5. The molecule has 1 aliphatic rings. The Morgan fingerprint density at radius 2 is 1.91 bits per heavy atom. The maximum Gasteiger partial charge on any atom is 0.202 e. The lowest BCUT2D eigenvalue weighted by atomic mass is 10.0. The number of aryl methyl sites for hydroxylation is 1. The summed E-state index contributed by atoms with van der Waals surface area (Å²) in [4.78, 5) is 11.1. The minimum atomic E-state index is 0.281. The molecule has 0 radical (unpaired) electrons. The van der Waals surface area contributed by atoms with E-state index in [2.05, 4.69) is 34.9 Å². The van der Waals surface area contributed by atoms with Crippen molar-refractivity contribution in [2.45, 2.75) is 19.9 Å². The van der Waals surface area contributed by atoms with E-state index in [9.17, 15) is 0 Å². The summed E-state index contributed by atoms with van der Waals surface area (Å²) in [5.74, 6) is 0.440. The highest BCUT2D eigenvalue weighted by Gasteiger charge is 2.19. The number of aromatic nitrogens is 2. The minimum absolute atomic E-state index is 0.281. The van der Waals surface area contributed by atoms with Crippen LogP contribution in [0, 0.1) is 6.92 Å². The van der Waals surface area contributed by atoms with Crippen LogP contribution in [0.5, 0.6) is 0 Å². The van der Waals surface area contributed by atoms with Crippen molar-refractivity contribution in [1.82, 2.24) is 9.55 Å². The van der Waals surface area contributed by atoms with E-state index in [0.717, 1.165) is 28.3 Å². The number of fused-ring (bicyclic) bond motifs is 1. The Morgan fingerprint density at radius 1 is 1.17 bits per heavy atom. The Bertz CT molecular complexity index is 836. The second-order valence-electron chi connectivity index (χ2n) is 5.96. The Labute approximate surface area is 135 Å². The van der Waals surface area contributed by atoms with Crippen LogP contribution in [0.4, 0.5) is 17.3 Å². The quantitative estimate of drug-likeness (QED) is 0.839. The first kappa shape index (κ1) is 15.1. The number of likely N-dealkylation sites (N-methyl/N-ethyl adjacent to an activating group) is 1. The third-order valence-electron chi connectivity index (χ3n) is 4.39. The number of rotatable bonds is 1. The molecule has 0 aliphatic carbocycles. The molecule has 3 rings (SSSR count).